The molecule has 31 heavy (non-hydrogen) atoms. The van der Waals surface area contributed by atoms with Crippen molar-refractivity contribution >= 4 is 10.0 Å². The third-order valence-electron chi connectivity index (χ3n) is 5.54. The molecule has 2 heterocycles. The normalized spacial score (nSPS) is 14.6. The number of ether oxygens (including phenoxy) is 2. The van der Waals surface area contributed by atoms with E-state index in [0.29, 0.717) is 23.2 Å². The number of aromatic nitrogens is 3. The van der Waals surface area contributed by atoms with Crippen LogP contribution in [0.25, 0.3) is 11.3 Å². The van der Waals surface area contributed by atoms with Gasteiger partial charge in [-0.25, -0.2) is 13.1 Å². The first-order valence-corrected chi connectivity index (χ1v) is 11.7. The molecule has 2 aromatic heterocycles. The van der Waals surface area contributed by atoms with Gasteiger partial charge in [0, 0.05) is 24.0 Å². The molecule has 0 unspecified atom stereocenters. The molecular weight excluding hydrogens is 416 g/mol. The largest absolute Gasteiger partial charge is 0.493 e. The number of sulfonamides is 1. The van der Waals surface area contributed by atoms with Crippen LogP contribution in [0.2, 0.25) is 0 Å². The number of benzene rings is 1. The van der Waals surface area contributed by atoms with Crippen LogP contribution in [0.3, 0.4) is 0 Å². The highest BCUT2D eigenvalue weighted by Gasteiger charge is 2.23. The Morgan fingerprint density at radius 3 is 2.42 bits per heavy atom. The van der Waals surface area contributed by atoms with Crippen molar-refractivity contribution in [1.29, 1.82) is 0 Å². The molecule has 0 bridgehead atoms. The number of nitrogens with one attached hydrogen (secondary N) is 1. The maximum atomic E-state index is 12.8. The van der Waals surface area contributed by atoms with Gasteiger partial charge in [-0.1, -0.05) is 12.8 Å². The molecule has 1 N–H and O–H groups in total. The van der Waals surface area contributed by atoms with Gasteiger partial charge >= 0.3 is 0 Å². The summed E-state index contributed by atoms with van der Waals surface area (Å²) in [5.41, 5.74) is 2.67. The maximum absolute atomic E-state index is 12.8. The molecule has 164 valence electrons. The third-order valence-corrected chi connectivity index (χ3v) is 6.94. The fraction of sp³-hybridized carbons (Fsp3) is 0.364. The molecule has 0 atom stereocenters. The summed E-state index contributed by atoms with van der Waals surface area (Å²) in [5, 5.41) is 4.75. The van der Waals surface area contributed by atoms with E-state index in [1.54, 1.807) is 18.5 Å². The Morgan fingerprint density at radius 1 is 1.03 bits per heavy atom. The minimum atomic E-state index is -3.75. The number of pyridine rings is 1. The number of nitrogens with zero attached hydrogens (tertiary/aromatic N) is 3. The van der Waals surface area contributed by atoms with Gasteiger partial charge in [-0.05, 0) is 43.2 Å². The van der Waals surface area contributed by atoms with Crippen LogP contribution < -0.4 is 14.2 Å². The molecule has 9 heteroatoms. The molecule has 0 amide bonds. The van der Waals surface area contributed by atoms with Crippen molar-refractivity contribution < 1.29 is 17.9 Å². The van der Waals surface area contributed by atoms with E-state index in [1.807, 2.05) is 22.9 Å². The van der Waals surface area contributed by atoms with Crippen molar-refractivity contribution in [3.05, 3.63) is 54.5 Å². The standard InChI is InChI=1S/C22H26N4O4S/c1-29-21-8-7-19(14-22(21)30-2)31(27,28)24-15-17-13-20(16-9-11-23-12-10-16)26(25-17)18-5-3-4-6-18/h7-14,18,24H,3-6,15H2,1-2H3. The molecule has 1 saturated carbocycles. The SMILES string of the molecule is COc1ccc(S(=O)(=O)NCc2cc(-c3ccncc3)n(C3CCCC3)n2)cc1OC. The van der Waals surface area contributed by atoms with Gasteiger partial charge in [0.1, 0.15) is 0 Å². The molecule has 0 radical (unpaired) electrons. The number of rotatable bonds is 8. The summed E-state index contributed by atoms with van der Waals surface area (Å²) in [6.45, 7) is 0.0917. The molecule has 1 aromatic carbocycles. The summed E-state index contributed by atoms with van der Waals surface area (Å²) >= 11 is 0. The van der Waals surface area contributed by atoms with Crippen LogP contribution in [0.5, 0.6) is 11.5 Å². The highest BCUT2D eigenvalue weighted by molar-refractivity contribution is 7.89. The van der Waals surface area contributed by atoms with E-state index in [2.05, 4.69) is 9.71 Å². The zero-order valence-corrected chi connectivity index (χ0v) is 18.4. The topological polar surface area (TPSA) is 95.3 Å². The average Bonchev–Trinajstić information content (AvgIpc) is 3.48. The van der Waals surface area contributed by atoms with Crippen molar-refractivity contribution in [2.24, 2.45) is 0 Å². The summed E-state index contributed by atoms with van der Waals surface area (Å²) in [4.78, 5) is 4.20. The predicted molar refractivity (Wildman–Crippen MR) is 117 cm³/mol. The van der Waals surface area contributed by atoms with Crippen molar-refractivity contribution in [2.45, 2.75) is 43.2 Å². The van der Waals surface area contributed by atoms with Crippen LogP contribution in [0.1, 0.15) is 37.4 Å². The van der Waals surface area contributed by atoms with Gasteiger partial charge in [-0.2, -0.15) is 5.10 Å². The van der Waals surface area contributed by atoms with Gasteiger partial charge in [0.15, 0.2) is 11.5 Å². The molecule has 1 aliphatic carbocycles. The number of hydrogen-bond donors (Lipinski definition) is 1. The van der Waals surface area contributed by atoms with Crippen LogP contribution in [0, 0.1) is 0 Å². The predicted octanol–water partition coefficient (Wildman–Crippen LogP) is 3.56. The van der Waals surface area contributed by atoms with Crippen LogP contribution in [-0.4, -0.2) is 37.4 Å². The van der Waals surface area contributed by atoms with Gasteiger partial charge in [0.25, 0.3) is 0 Å². The van der Waals surface area contributed by atoms with Gasteiger partial charge in [0.2, 0.25) is 10.0 Å². The minimum Gasteiger partial charge on any atom is -0.493 e. The molecule has 0 saturated heterocycles. The Bertz CT molecular complexity index is 1140. The maximum Gasteiger partial charge on any atom is 0.241 e. The van der Waals surface area contributed by atoms with E-state index in [-0.39, 0.29) is 11.4 Å². The second-order valence-electron chi connectivity index (χ2n) is 7.48. The highest BCUT2D eigenvalue weighted by atomic mass is 32.2. The summed E-state index contributed by atoms with van der Waals surface area (Å²) in [7, 11) is -0.773. The van der Waals surface area contributed by atoms with Crippen molar-refractivity contribution in [3.63, 3.8) is 0 Å². The lowest BCUT2D eigenvalue weighted by molar-refractivity contribution is 0.354. The average molecular weight is 443 g/mol. The highest BCUT2D eigenvalue weighted by Crippen LogP contribution is 2.34. The Morgan fingerprint density at radius 2 is 1.74 bits per heavy atom. The lowest BCUT2D eigenvalue weighted by Crippen LogP contribution is -2.23. The third kappa shape index (κ3) is 4.57. The number of hydrogen-bond acceptors (Lipinski definition) is 6. The summed E-state index contributed by atoms with van der Waals surface area (Å²) in [5.74, 6) is 0.828. The fourth-order valence-corrected chi connectivity index (χ4v) is 4.95. The molecular formula is C22H26N4O4S. The van der Waals surface area contributed by atoms with Crippen LogP contribution in [-0.2, 0) is 16.6 Å². The summed E-state index contributed by atoms with van der Waals surface area (Å²) in [6, 6.07) is 10.7. The fourth-order valence-electron chi connectivity index (χ4n) is 3.93. The van der Waals surface area contributed by atoms with Crippen molar-refractivity contribution in [3.8, 4) is 22.8 Å². The molecule has 1 fully saturated rings. The Balaban J connectivity index is 1.58. The first-order valence-electron chi connectivity index (χ1n) is 10.2. The van der Waals surface area contributed by atoms with E-state index in [4.69, 9.17) is 14.6 Å². The quantitative estimate of drug-likeness (QED) is 0.573. The van der Waals surface area contributed by atoms with Crippen LogP contribution in [0.4, 0.5) is 0 Å². The van der Waals surface area contributed by atoms with Gasteiger partial charge in [-0.3, -0.25) is 9.67 Å². The summed E-state index contributed by atoms with van der Waals surface area (Å²) in [6.07, 6.45) is 8.03. The Hall–Kier alpha value is -2.91. The van der Waals surface area contributed by atoms with Gasteiger partial charge in [0.05, 0.1) is 43.1 Å². The van der Waals surface area contributed by atoms with Crippen LogP contribution in [0.15, 0.2) is 53.7 Å². The molecule has 3 aromatic rings. The molecule has 4 rings (SSSR count). The van der Waals surface area contributed by atoms with Gasteiger partial charge in [-0.15, -0.1) is 0 Å². The van der Waals surface area contributed by atoms with Crippen LogP contribution >= 0.6 is 0 Å². The minimum absolute atomic E-state index is 0.0917. The molecule has 0 spiro atoms. The molecule has 1 aliphatic rings. The van der Waals surface area contributed by atoms with E-state index >= 15 is 0 Å². The molecule has 8 nitrogen and oxygen atoms in total. The zero-order chi connectivity index (χ0) is 21.8. The summed E-state index contributed by atoms with van der Waals surface area (Å²) < 4.78 is 40.8. The number of methoxy groups -OCH3 is 2. The lowest BCUT2D eigenvalue weighted by Gasteiger charge is -2.14. The van der Waals surface area contributed by atoms with E-state index in [0.717, 1.165) is 24.1 Å². The molecule has 0 aliphatic heterocycles. The Kier molecular flexibility index (Phi) is 6.24. The van der Waals surface area contributed by atoms with E-state index < -0.39 is 10.0 Å². The second-order valence-corrected chi connectivity index (χ2v) is 9.25. The smallest absolute Gasteiger partial charge is 0.241 e. The first-order chi connectivity index (χ1) is 15.0. The van der Waals surface area contributed by atoms with E-state index in [9.17, 15) is 8.42 Å². The van der Waals surface area contributed by atoms with E-state index in [1.165, 1.54) is 39.2 Å². The van der Waals surface area contributed by atoms with Crippen molar-refractivity contribution in [1.82, 2.24) is 19.5 Å². The first kappa shape index (κ1) is 21.3. The van der Waals surface area contributed by atoms with Gasteiger partial charge < -0.3 is 9.47 Å². The zero-order valence-electron chi connectivity index (χ0n) is 17.6. The van der Waals surface area contributed by atoms with Crippen molar-refractivity contribution in [2.75, 3.05) is 14.2 Å². The Labute approximate surface area is 182 Å². The lowest BCUT2D eigenvalue weighted by atomic mass is 10.1. The second kappa shape index (κ2) is 9.07. The monoisotopic (exact) mass is 442 g/mol.